The summed E-state index contributed by atoms with van der Waals surface area (Å²) in [6.45, 7) is 1.88. The second-order valence-electron chi connectivity index (χ2n) is 14.7. The molecule has 8 saturated heterocycles. The Morgan fingerprint density at radius 2 is 1.04 bits per heavy atom. The average Bonchev–Trinajstić information content (AvgIpc) is 3.74. The van der Waals surface area contributed by atoms with E-state index < -0.39 is 54.6 Å². The fourth-order valence-corrected chi connectivity index (χ4v) is 22.1. The van der Waals surface area contributed by atoms with Crippen molar-refractivity contribution in [2.24, 2.45) is 0 Å². The van der Waals surface area contributed by atoms with Gasteiger partial charge in [-0.15, -0.1) is 0 Å². The summed E-state index contributed by atoms with van der Waals surface area (Å²) in [7, 11) is 10.9. The lowest BCUT2D eigenvalue weighted by Gasteiger charge is -2.51. The quantitative estimate of drug-likeness (QED) is 0.331. The summed E-state index contributed by atoms with van der Waals surface area (Å²) in [5.74, 6) is -2.46. The van der Waals surface area contributed by atoms with Gasteiger partial charge in [-0.3, -0.25) is 38.6 Å². The monoisotopic (exact) mass is 844 g/mol. The minimum absolute atomic E-state index is 0.158. The molecular weight excluding hydrogens is 813 g/mol. The molecule has 8 atom stereocenters. The van der Waals surface area contributed by atoms with Gasteiger partial charge in [-0.2, -0.15) is 0 Å². The van der Waals surface area contributed by atoms with Crippen LogP contribution in [-0.4, -0.2) is 114 Å². The fourth-order valence-electron chi connectivity index (χ4n) is 10.3. The Bertz CT molecular complexity index is 2000. The van der Waals surface area contributed by atoms with Crippen LogP contribution >= 0.6 is 62.8 Å². The molecule has 2 N–H and O–H groups in total. The Balaban J connectivity index is 1.24. The van der Waals surface area contributed by atoms with E-state index in [4.69, 9.17) is 9.47 Å². The number of hydrogen-bond acceptors (Lipinski definition) is 16. The third-order valence-corrected chi connectivity index (χ3v) is 22.7. The molecule has 282 valence electrons. The lowest BCUT2D eigenvalue weighted by atomic mass is 9.54. The molecule has 0 aliphatic carbocycles. The summed E-state index contributed by atoms with van der Waals surface area (Å²) in [5, 5.41) is 7.42. The summed E-state index contributed by atoms with van der Waals surface area (Å²) in [6, 6.07) is 15.7. The van der Waals surface area contributed by atoms with Crippen molar-refractivity contribution in [2.75, 3.05) is 37.9 Å². The summed E-state index contributed by atoms with van der Waals surface area (Å²) in [6.07, 6.45) is -1.32. The van der Waals surface area contributed by atoms with Crippen LogP contribution in [0.2, 0.25) is 0 Å². The smallest absolute Gasteiger partial charge is 0.302 e. The molecule has 0 saturated carbocycles. The van der Waals surface area contributed by atoms with Gasteiger partial charge in [-0.05, 0) is 86.1 Å². The van der Waals surface area contributed by atoms with Gasteiger partial charge in [-0.25, -0.2) is 0 Å². The van der Waals surface area contributed by atoms with Gasteiger partial charge in [0.1, 0.15) is 25.5 Å². The van der Waals surface area contributed by atoms with Crippen LogP contribution < -0.4 is 10.6 Å². The van der Waals surface area contributed by atoms with Crippen LogP contribution in [0.3, 0.4) is 0 Å². The van der Waals surface area contributed by atoms with Gasteiger partial charge in [0.05, 0.1) is 10.8 Å². The lowest BCUT2D eigenvalue weighted by Crippen LogP contribution is -2.74. The number of fused-ring (bicyclic) bond motifs is 13. The summed E-state index contributed by atoms with van der Waals surface area (Å²) in [4.78, 5) is 85.6. The highest BCUT2D eigenvalue weighted by molar-refractivity contribution is 9.10. The van der Waals surface area contributed by atoms with Crippen LogP contribution in [0.1, 0.15) is 37.8 Å². The summed E-state index contributed by atoms with van der Waals surface area (Å²) in [5.41, 5.74) is 1.10. The van der Waals surface area contributed by atoms with E-state index in [0.717, 1.165) is 22.5 Å². The third kappa shape index (κ3) is 3.81. The molecule has 14 nitrogen and oxygen atoms in total. The van der Waals surface area contributed by atoms with Gasteiger partial charge in [0.25, 0.3) is 23.6 Å². The summed E-state index contributed by atoms with van der Waals surface area (Å²) < 4.78 is 11.0. The minimum Gasteiger partial charge on any atom is -0.462 e. The lowest BCUT2D eigenvalue weighted by molar-refractivity contribution is -0.169. The van der Waals surface area contributed by atoms with Crippen LogP contribution in [0, 0.1) is 0 Å². The normalized spacial score (nSPS) is 39.2. The molecular formula is C34H32N6O8S6. The second kappa shape index (κ2) is 11.3. The van der Waals surface area contributed by atoms with Crippen LogP contribution in [0.25, 0.3) is 0 Å². The zero-order valence-corrected chi connectivity index (χ0v) is 34.0. The van der Waals surface area contributed by atoms with Gasteiger partial charge in [0, 0.05) is 52.2 Å². The predicted molar refractivity (Wildman–Crippen MR) is 209 cm³/mol. The topological polar surface area (TPSA) is 158 Å². The average molecular weight is 845 g/mol. The maximum absolute atomic E-state index is 15.4. The van der Waals surface area contributed by atoms with Crippen molar-refractivity contribution in [1.29, 1.82) is 0 Å². The van der Waals surface area contributed by atoms with Crippen molar-refractivity contribution in [3.05, 3.63) is 59.7 Å². The molecule has 0 unspecified atom stereocenters. The number of ether oxygens (including phenoxy) is 2. The molecule has 10 heterocycles. The number of anilines is 2. The van der Waals surface area contributed by atoms with Crippen molar-refractivity contribution in [1.82, 2.24) is 19.6 Å². The van der Waals surface area contributed by atoms with Gasteiger partial charge < -0.3 is 29.9 Å². The Morgan fingerprint density at radius 1 is 0.648 bits per heavy atom. The first-order valence-electron chi connectivity index (χ1n) is 17.1. The fraction of sp³-hybridized carbons (Fsp3) is 0.471. The van der Waals surface area contributed by atoms with Crippen LogP contribution in [0.4, 0.5) is 11.4 Å². The highest BCUT2D eigenvalue weighted by atomic mass is 33.5. The van der Waals surface area contributed by atoms with E-state index in [1.165, 1.54) is 86.5 Å². The summed E-state index contributed by atoms with van der Waals surface area (Å²) >= 11 is 0. The van der Waals surface area contributed by atoms with Crippen LogP contribution in [0.5, 0.6) is 0 Å². The van der Waals surface area contributed by atoms with Gasteiger partial charge in [0.2, 0.25) is 9.74 Å². The number of esters is 2. The van der Waals surface area contributed by atoms with Crippen molar-refractivity contribution in [3.8, 4) is 0 Å². The number of nitrogens with one attached hydrogen (secondary N) is 2. The first kappa shape index (κ1) is 35.4. The number of para-hydroxylation sites is 2. The van der Waals surface area contributed by atoms with Crippen molar-refractivity contribution < 1.29 is 38.2 Å². The highest BCUT2D eigenvalue weighted by Crippen LogP contribution is 2.78. The maximum Gasteiger partial charge on any atom is 0.302 e. The zero-order chi connectivity index (χ0) is 37.8. The standard InChI is InChI=1S/C34H32N6O8S6/c1-17(41)47-15-33-27(45)39-23-29(19-9-5-7-11-21(19)35-23,13-31(39,49-53-51-33)25(43)37(33)3)30-14-32-26(44)38(4)34(52-54-50-32,16-48-18(2)42)28(46)40(32)24(30)36-22-12-8-6-10-20(22)30/h5-12,23-24,35-36H,13-16H2,1-4H3/t23-,24-,29+,30+,31+,32+,33+,34+/m1/s1. The SMILES string of the molecule is CC(=O)OC[C@]12SSS[C@@]3(C[C@]4([C@]56C[C@@]78SSS[C@@](COC(C)=O)(C(=O)N7[C@H]5Nc5ccccc56)N(C)C8=O)c5ccccc5N[C@@H]4N3C1=O)C(=O)N2C. The van der Waals surface area contributed by atoms with Gasteiger partial charge >= 0.3 is 11.9 Å². The molecule has 0 radical (unpaired) electrons. The van der Waals surface area contributed by atoms with E-state index in [-0.39, 0.29) is 49.7 Å². The number of rotatable bonds is 5. The number of hydrogen-bond donors (Lipinski definition) is 2. The molecule has 10 aliphatic rings. The number of benzene rings is 2. The van der Waals surface area contributed by atoms with E-state index in [1.807, 2.05) is 48.5 Å². The molecule has 10 aliphatic heterocycles. The molecule has 0 aromatic heterocycles. The van der Waals surface area contributed by atoms with Crippen LogP contribution in [-0.2, 0) is 49.1 Å². The van der Waals surface area contributed by atoms with Crippen molar-refractivity contribution in [3.63, 3.8) is 0 Å². The maximum atomic E-state index is 15.4. The van der Waals surface area contributed by atoms with E-state index >= 15 is 19.2 Å². The van der Waals surface area contributed by atoms with E-state index in [2.05, 4.69) is 10.6 Å². The van der Waals surface area contributed by atoms with Gasteiger partial charge in [-0.1, -0.05) is 36.4 Å². The molecule has 4 amide bonds. The number of nitrogens with zero attached hydrogens (tertiary/aromatic N) is 4. The molecule has 20 heteroatoms. The number of carbonyl (C=O) groups excluding carboxylic acids is 6. The van der Waals surface area contributed by atoms with Gasteiger partial charge in [0.15, 0.2) is 9.74 Å². The molecule has 4 bridgehead atoms. The number of amides is 4. The van der Waals surface area contributed by atoms with Crippen LogP contribution in [0.15, 0.2) is 48.5 Å². The highest BCUT2D eigenvalue weighted by Gasteiger charge is 2.86. The largest absolute Gasteiger partial charge is 0.462 e. The Hall–Kier alpha value is -3.04. The molecule has 2 aromatic carbocycles. The Labute approximate surface area is 332 Å². The Kier molecular flexibility index (Phi) is 7.40. The molecule has 2 aromatic rings. The number of likely N-dealkylation sites (N-methyl/N-ethyl adjacent to an activating group) is 2. The second-order valence-corrected chi connectivity index (χ2v) is 23.6. The zero-order valence-electron chi connectivity index (χ0n) is 29.1. The predicted octanol–water partition coefficient (Wildman–Crippen LogP) is 3.77. The number of carbonyl (C=O) groups is 6. The van der Waals surface area contributed by atoms with Crippen molar-refractivity contribution >= 4 is 110 Å². The van der Waals surface area contributed by atoms with Crippen molar-refractivity contribution in [2.45, 2.75) is 69.3 Å². The van der Waals surface area contributed by atoms with E-state index in [9.17, 15) is 9.59 Å². The molecule has 2 spiro atoms. The van der Waals surface area contributed by atoms with E-state index in [0.29, 0.717) is 0 Å². The first-order valence-corrected chi connectivity index (χ1v) is 24.0. The molecule has 8 fully saturated rings. The molecule has 12 rings (SSSR count). The first-order chi connectivity index (χ1) is 25.8. The number of piperazine rings is 2. The minimum atomic E-state index is -1.54. The Morgan fingerprint density at radius 3 is 1.43 bits per heavy atom. The molecule has 54 heavy (non-hydrogen) atoms. The third-order valence-electron chi connectivity index (χ3n) is 12.6. The van der Waals surface area contributed by atoms with E-state index in [1.54, 1.807) is 23.9 Å².